The molecule has 2 amide bonds. The van der Waals surface area contributed by atoms with Gasteiger partial charge in [-0.05, 0) is 37.1 Å². The molecular formula is C18H29N3O2. The van der Waals surface area contributed by atoms with Crippen molar-refractivity contribution in [1.82, 2.24) is 15.5 Å². The Balaban J connectivity index is 2.67. The van der Waals surface area contributed by atoms with Crippen molar-refractivity contribution in [2.75, 3.05) is 26.2 Å². The molecular weight excluding hydrogens is 290 g/mol. The second-order valence-electron chi connectivity index (χ2n) is 6.06. The fraction of sp³-hybridized carbons (Fsp3) is 0.556. The molecule has 0 aliphatic rings. The molecule has 1 aromatic carbocycles. The molecule has 0 unspecified atom stereocenters. The number of carbonyl (C=O) groups excluding carboxylic acids is 2. The molecule has 0 aliphatic heterocycles. The van der Waals surface area contributed by atoms with Gasteiger partial charge in [0.05, 0.1) is 6.54 Å². The van der Waals surface area contributed by atoms with Crippen molar-refractivity contribution in [3.63, 3.8) is 0 Å². The van der Waals surface area contributed by atoms with Crippen LogP contribution >= 0.6 is 0 Å². The molecule has 0 aliphatic carbocycles. The molecule has 0 fully saturated rings. The van der Waals surface area contributed by atoms with E-state index in [2.05, 4.69) is 29.4 Å². The minimum Gasteiger partial charge on any atom is -0.355 e. The van der Waals surface area contributed by atoms with Gasteiger partial charge < -0.3 is 10.6 Å². The van der Waals surface area contributed by atoms with Gasteiger partial charge >= 0.3 is 0 Å². The predicted molar refractivity (Wildman–Crippen MR) is 93.2 cm³/mol. The first-order valence-electron chi connectivity index (χ1n) is 8.32. The maximum Gasteiger partial charge on any atom is 0.251 e. The molecule has 0 bridgehead atoms. The molecule has 5 heteroatoms. The molecule has 0 atom stereocenters. The Hall–Kier alpha value is -1.88. The van der Waals surface area contributed by atoms with Crippen LogP contribution in [0.1, 0.15) is 43.6 Å². The number of benzene rings is 1. The predicted octanol–water partition coefficient (Wildman–Crippen LogP) is 2.03. The van der Waals surface area contributed by atoms with Crippen LogP contribution in [0.4, 0.5) is 0 Å². The van der Waals surface area contributed by atoms with Crippen molar-refractivity contribution in [2.24, 2.45) is 5.92 Å². The van der Waals surface area contributed by atoms with E-state index in [9.17, 15) is 9.59 Å². The van der Waals surface area contributed by atoms with Crippen molar-refractivity contribution in [2.45, 2.75) is 34.2 Å². The monoisotopic (exact) mass is 319 g/mol. The molecule has 0 saturated carbocycles. The van der Waals surface area contributed by atoms with Gasteiger partial charge in [-0.1, -0.05) is 32.9 Å². The highest BCUT2D eigenvalue weighted by atomic mass is 16.2. The average Bonchev–Trinajstić information content (AvgIpc) is 2.52. The zero-order valence-corrected chi connectivity index (χ0v) is 14.7. The Bertz CT molecular complexity index is 515. The van der Waals surface area contributed by atoms with Crippen molar-refractivity contribution < 1.29 is 9.59 Å². The molecule has 5 nitrogen and oxygen atoms in total. The summed E-state index contributed by atoms with van der Waals surface area (Å²) >= 11 is 0. The smallest absolute Gasteiger partial charge is 0.251 e. The minimum absolute atomic E-state index is 0.0279. The molecule has 128 valence electrons. The average molecular weight is 319 g/mol. The summed E-state index contributed by atoms with van der Waals surface area (Å²) in [6, 6.07) is 7.59. The Labute approximate surface area is 139 Å². The van der Waals surface area contributed by atoms with Crippen molar-refractivity contribution >= 4 is 11.8 Å². The number of nitrogens with zero attached hydrogens (tertiary/aromatic N) is 1. The second kappa shape index (κ2) is 10.0. The van der Waals surface area contributed by atoms with E-state index >= 15 is 0 Å². The summed E-state index contributed by atoms with van der Waals surface area (Å²) in [7, 11) is 0. The summed E-state index contributed by atoms with van der Waals surface area (Å²) in [4.78, 5) is 25.9. The van der Waals surface area contributed by atoms with Crippen LogP contribution in [0.3, 0.4) is 0 Å². The van der Waals surface area contributed by atoms with Gasteiger partial charge in [0.25, 0.3) is 5.91 Å². The highest BCUT2D eigenvalue weighted by molar-refractivity contribution is 5.94. The number of amides is 2. The van der Waals surface area contributed by atoms with E-state index in [-0.39, 0.29) is 11.8 Å². The molecule has 2 N–H and O–H groups in total. The summed E-state index contributed by atoms with van der Waals surface area (Å²) in [5, 5.41) is 5.73. The SMILES string of the molecule is CCNC(=O)CN(CC)Cc1cccc(C(=O)NCC(C)C)c1. The number of hydrogen-bond donors (Lipinski definition) is 2. The third kappa shape index (κ3) is 7.28. The van der Waals surface area contributed by atoms with Crippen LogP contribution < -0.4 is 10.6 Å². The van der Waals surface area contributed by atoms with Crippen LogP contribution in [0.25, 0.3) is 0 Å². The Morgan fingerprint density at radius 1 is 1.17 bits per heavy atom. The number of likely N-dealkylation sites (N-methyl/N-ethyl adjacent to an activating group) is 2. The Morgan fingerprint density at radius 2 is 1.91 bits per heavy atom. The fourth-order valence-electron chi connectivity index (χ4n) is 2.20. The quantitative estimate of drug-likeness (QED) is 0.732. The Morgan fingerprint density at radius 3 is 2.52 bits per heavy atom. The first-order valence-corrected chi connectivity index (χ1v) is 8.32. The molecule has 0 spiro atoms. The molecule has 0 aromatic heterocycles. The van der Waals surface area contributed by atoms with Crippen molar-refractivity contribution in [1.29, 1.82) is 0 Å². The normalized spacial score (nSPS) is 10.9. The van der Waals surface area contributed by atoms with Gasteiger partial charge in [-0.25, -0.2) is 0 Å². The van der Waals surface area contributed by atoms with E-state index in [1.807, 2.05) is 38.1 Å². The Kier molecular flexibility index (Phi) is 8.33. The van der Waals surface area contributed by atoms with E-state index < -0.39 is 0 Å². The molecule has 0 radical (unpaired) electrons. The summed E-state index contributed by atoms with van der Waals surface area (Å²) in [6.45, 7) is 11.2. The second-order valence-corrected chi connectivity index (χ2v) is 6.06. The third-order valence-corrected chi connectivity index (χ3v) is 3.45. The lowest BCUT2D eigenvalue weighted by molar-refractivity contribution is -0.122. The summed E-state index contributed by atoms with van der Waals surface area (Å²) in [5.41, 5.74) is 1.70. The lowest BCUT2D eigenvalue weighted by Gasteiger charge is -2.20. The van der Waals surface area contributed by atoms with Gasteiger partial charge in [0.15, 0.2) is 0 Å². The maximum atomic E-state index is 12.1. The van der Waals surface area contributed by atoms with E-state index in [1.54, 1.807) is 0 Å². The van der Waals surface area contributed by atoms with Gasteiger partial charge in [-0.3, -0.25) is 14.5 Å². The van der Waals surface area contributed by atoms with E-state index in [1.165, 1.54) is 0 Å². The topological polar surface area (TPSA) is 61.4 Å². The summed E-state index contributed by atoms with van der Waals surface area (Å²) < 4.78 is 0. The van der Waals surface area contributed by atoms with Crippen molar-refractivity contribution in [3.8, 4) is 0 Å². The van der Waals surface area contributed by atoms with Gasteiger partial charge in [-0.15, -0.1) is 0 Å². The van der Waals surface area contributed by atoms with E-state index in [4.69, 9.17) is 0 Å². The minimum atomic E-state index is -0.0488. The largest absolute Gasteiger partial charge is 0.355 e. The summed E-state index contributed by atoms with van der Waals surface area (Å²) in [5.74, 6) is 0.405. The van der Waals surface area contributed by atoms with E-state index in [0.717, 1.165) is 12.1 Å². The maximum absolute atomic E-state index is 12.1. The highest BCUT2D eigenvalue weighted by Crippen LogP contribution is 2.09. The lowest BCUT2D eigenvalue weighted by atomic mass is 10.1. The number of carbonyl (C=O) groups is 2. The molecule has 1 rings (SSSR count). The zero-order valence-electron chi connectivity index (χ0n) is 14.7. The van der Waals surface area contributed by atoms with E-state index in [0.29, 0.717) is 37.7 Å². The van der Waals surface area contributed by atoms with Gasteiger partial charge in [0, 0.05) is 25.2 Å². The number of hydrogen-bond acceptors (Lipinski definition) is 3. The number of nitrogens with one attached hydrogen (secondary N) is 2. The molecule has 23 heavy (non-hydrogen) atoms. The summed E-state index contributed by atoms with van der Waals surface area (Å²) in [6.07, 6.45) is 0. The third-order valence-electron chi connectivity index (χ3n) is 3.45. The fourth-order valence-corrected chi connectivity index (χ4v) is 2.20. The van der Waals surface area contributed by atoms with Crippen LogP contribution in [-0.2, 0) is 11.3 Å². The molecule has 0 saturated heterocycles. The van der Waals surface area contributed by atoms with Crippen LogP contribution in [0.5, 0.6) is 0 Å². The standard InChI is InChI=1S/C18H29N3O2/c1-5-19-17(22)13-21(6-2)12-15-8-7-9-16(10-15)18(23)20-11-14(3)4/h7-10,14H,5-6,11-13H2,1-4H3,(H,19,22)(H,20,23). The van der Waals surface area contributed by atoms with Gasteiger partial charge in [0.2, 0.25) is 5.91 Å². The zero-order chi connectivity index (χ0) is 17.2. The highest BCUT2D eigenvalue weighted by Gasteiger charge is 2.11. The van der Waals surface area contributed by atoms with Crippen LogP contribution in [0, 0.1) is 5.92 Å². The van der Waals surface area contributed by atoms with Crippen LogP contribution in [-0.4, -0.2) is 42.9 Å². The van der Waals surface area contributed by atoms with Gasteiger partial charge in [-0.2, -0.15) is 0 Å². The first-order chi connectivity index (χ1) is 11.0. The molecule has 1 aromatic rings. The molecule has 0 heterocycles. The van der Waals surface area contributed by atoms with Crippen molar-refractivity contribution in [3.05, 3.63) is 35.4 Å². The van der Waals surface area contributed by atoms with Gasteiger partial charge in [0.1, 0.15) is 0 Å². The lowest BCUT2D eigenvalue weighted by Crippen LogP contribution is -2.36. The number of rotatable bonds is 9. The van der Waals surface area contributed by atoms with Crippen LogP contribution in [0.15, 0.2) is 24.3 Å². The first kappa shape index (κ1) is 19.2. The van der Waals surface area contributed by atoms with Crippen LogP contribution in [0.2, 0.25) is 0 Å².